The van der Waals surface area contributed by atoms with Gasteiger partial charge in [-0.1, -0.05) is 0 Å². The molecule has 1 atom stereocenters. The van der Waals surface area contributed by atoms with Crippen LogP contribution in [0.4, 0.5) is 0 Å². The minimum absolute atomic E-state index is 0.0995. The van der Waals surface area contributed by atoms with Crippen LogP contribution in [0, 0.1) is 5.92 Å². The summed E-state index contributed by atoms with van der Waals surface area (Å²) in [7, 11) is 3.16. The summed E-state index contributed by atoms with van der Waals surface area (Å²) in [4.78, 5) is 15.1. The molecule has 0 unspecified atom stereocenters. The molecule has 1 aliphatic rings. The van der Waals surface area contributed by atoms with Gasteiger partial charge in [-0.15, -0.1) is 0 Å². The molecule has 1 fully saturated rings. The lowest BCUT2D eigenvalue weighted by molar-refractivity contribution is 0.0930. The van der Waals surface area contributed by atoms with E-state index in [0.29, 0.717) is 35.6 Å². The van der Waals surface area contributed by atoms with Crippen LogP contribution in [-0.2, 0) is 6.54 Å². The first-order valence-corrected chi connectivity index (χ1v) is 10.2. The highest BCUT2D eigenvalue weighted by molar-refractivity contribution is 5.95. The van der Waals surface area contributed by atoms with Crippen molar-refractivity contribution in [1.82, 2.24) is 20.0 Å². The molecule has 158 valence electrons. The van der Waals surface area contributed by atoms with Crippen molar-refractivity contribution in [2.45, 2.75) is 39.3 Å². The average molecular weight is 401 g/mol. The topological polar surface area (TPSA) is 68.6 Å². The molecule has 3 rings (SSSR count). The van der Waals surface area contributed by atoms with Gasteiger partial charge in [-0.2, -0.15) is 5.10 Å². The van der Waals surface area contributed by atoms with E-state index in [0.717, 1.165) is 32.5 Å². The van der Waals surface area contributed by atoms with E-state index >= 15 is 0 Å². The molecule has 1 amide bonds. The van der Waals surface area contributed by atoms with E-state index in [-0.39, 0.29) is 5.91 Å². The molecule has 0 aliphatic carbocycles. The first kappa shape index (κ1) is 21.2. The molecular weight excluding hydrogens is 368 g/mol. The Balaban J connectivity index is 1.53. The van der Waals surface area contributed by atoms with Crippen molar-refractivity contribution in [1.29, 1.82) is 0 Å². The van der Waals surface area contributed by atoms with Crippen molar-refractivity contribution in [2.75, 3.05) is 33.9 Å². The number of benzene rings is 1. The predicted molar refractivity (Wildman–Crippen MR) is 112 cm³/mol. The summed E-state index contributed by atoms with van der Waals surface area (Å²) in [5, 5.41) is 7.52. The van der Waals surface area contributed by atoms with Crippen molar-refractivity contribution in [3.8, 4) is 11.5 Å². The quantitative estimate of drug-likeness (QED) is 0.737. The van der Waals surface area contributed by atoms with E-state index in [4.69, 9.17) is 9.47 Å². The summed E-state index contributed by atoms with van der Waals surface area (Å²) in [5.74, 6) is 1.57. The van der Waals surface area contributed by atoms with Crippen molar-refractivity contribution >= 4 is 5.91 Å². The molecule has 1 N–H and O–H groups in total. The maximum absolute atomic E-state index is 12.6. The number of rotatable bonds is 8. The number of nitrogens with zero attached hydrogens (tertiary/aromatic N) is 3. The highest BCUT2D eigenvalue weighted by Crippen LogP contribution is 2.23. The molecule has 2 heterocycles. The molecule has 0 bridgehead atoms. The molecule has 1 aliphatic heterocycles. The van der Waals surface area contributed by atoms with E-state index in [1.807, 2.05) is 10.9 Å². The second-order valence-electron chi connectivity index (χ2n) is 7.98. The summed E-state index contributed by atoms with van der Waals surface area (Å²) in [6, 6.07) is 5.61. The smallest absolute Gasteiger partial charge is 0.251 e. The van der Waals surface area contributed by atoms with Gasteiger partial charge in [0, 0.05) is 49.1 Å². The largest absolute Gasteiger partial charge is 0.497 e. The second-order valence-corrected chi connectivity index (χ2v) is 7.98. The van der Waals surface area contributed by atoms with Gasteiger partial charge in [0.05, 0.1) is 20.4 Å². The zero-order valence-corrected chi connectivity index (χ0v) is 17.9. The lowest BCUT2D eigenvalue weighted by Crippen LogP contribution is -2.40. The van der Waals surface area contributed by atoms with E-state index in [1.54, 1.807) is 32.4 Å². The molecule has 1 saturated heterocycles. The lowest BCUT2D eigenvalue weighted by Gasteiger charge is -2.32. The van der Waals surface area contributed by atoms with E-state index < -0.39 is 0 Å². The molecule has 7 nitrogen and oxygen atoms in total. The van der Waals surface area contributed by atoms with Crippen molar-refractivity contribution < 1.29 is 14.3 Å². The summed E-state index contributed by atoms with van der Waals surface area (Å²) < 4.78 is 12.5. The summed E-state index contributed by atoms with van der Waals surface area (Å²) in [5.41, 5.74) is 1.79. The number of hydrogen-bond acceptors (Lipinski definition) is 5. The number of carbonyl (C=O) groups is 1. The van der Waals surface area contributed by atoms with Gasteiger partial charge < -0.3 is 14.8 Å². The van der Waals surface area contributed by atoms with Crippen LogP contribution in [0.15, 0.2) is 30.6 Å². The third kappa shape index (κ3) is 5.73. The Morgan fingerprint density at radius 3 is 2.59 bits per heavy atom. The van der Waals surface area contributed by atoms with Crippen molar-refractivity contribution in [3.05, 3.63) is 41.7 Å². The van der Waals surface area contributed by atoms with Crippen LogP contribution >= 0.6 is 0 Å². The van der Waals surface area contributed by atoms with Gasteiger partial charge in [0.25, 0.3) is 5.91 Å². The van der Waals surface area contributed by atoms with Gasteiger partial charge in [0.15, 0.2) is 0 Å². The molecule has 0 saturated carbocycles. The zero-order chi connectivity index (χ0) is 20.8. The number of ether oxygens (including phenoxy) is 2. The van der Waals surface area contributed by atoms with Crippen LogP contribution in [-0.4, -0.2) is 54.4 Å². The Kier molecular flexibility index (Phi) is 7.14. The molecular formula is C22H32N4O3. The molecule has 29 heavy (non-hydrogen) atoms. The van der Waals surface area contributed by atoms with E-state index in [1.165, 1.54) is 5.56 Å². The maximum atomic E-state index is 12.6. The first-order chi connectivity index (χ1) is 14.0. The fourth-order valence-electron chi connectivity index (χ4n) is 3.74. The Labute approximate surface area is 173 Å². The van der Waals surface area contributed by atoms with Crippen LogP contribution in [0.25, 0.3) is 0 Å². The van der Waals surface area contributed by atoms with Crippen LogP contribution in [0.2, 0.25) is 0 Å². The number of methoxy groups -OCH3 is 2. The maximum Gasteiger partial charge on any atom is 0.251 e. The standard InChI is InChI=1S/C22H32N4O3/c1-16(2)26-15-18(12-24-26)14-25-7-5-6-17(13-25)11-23-22(27)19-8-20(28-3)10-21(9-19)29-4/h8-10,12,15-17H,5-7,11,13-14H2,1-4H3,(H,23,27)/t17-/m0/s1. The molecule has 2 aromatic rings. The summed E-state index contributed by atoms with van der Waals surface area (Å²) in [6.07, 6.45) is 6.36. The number of piperidine rings is 1. The van der Waals surface area contributed by atoms with Crippen molar-refractivity contribution in [3.63, 3.8) is 0 Å². The monoisotopic (exact) mass is 400 g/mol. The lowest BCUT2D eigenvalue weighted by atomic mass is 9.97. The van der Waals surface area contributed by atoms with Gasteiger partial charge in [0.1, 0.15) is 11.5 Å². The van der Waals surface area contributed by atoms with Gasteiger partial charge in [-0.3, -0.25) is 14.4 Å². The number of likely N-dealkylation sites (tertiary alicyclic amines) is 1. The Morgan fingerprint density at radius 2 is 1.97 bits per heavy atom. The molecule has 7 heteroatoms. The van der Waals surface area contributed by atoms with Crippen LogP contribution < -0.4 is 14.8 Å². The van der Waals surface area contributed by atoms with Crippen LogP contribution in [0.1, 0.15) is 48.7 Å². The number of aromatic nitrogens is 2. The minimum Gasteiger partial charge on any atom is -0.497 e. The predicted octanol–water partition coefficient (Wildman–Crippen LogP) is 3.12. The minimum atomic E-state index is -0.0995. The van der Waals surface area contributed by atoms with E-state index in [2.05, 4.69) is 35.4 Å². The molecule has 0 radical (unpaired) electrons. The fourth-order valence-corrected chi connectivity index (χ4v) is 3.74. The second kappa shape index (κ2) is 9.78. The molecule has 1 aromatic carbocycles. The summed E-state index contributed by atoms with van der Waals surface area (Å²) in [6.45, 7) is 7.91. The van der Waals surface area contributed by atoms with Gasteiger partial charge in [-0.05, 0) is 51.3 Å². The number of carbonyl (C=O) groups excluding carboxylic acids is 1. The SMILES string of the molecule is COc1cc(OC)cc(C(=O)NC[C@@H]2CCCN(Cc3cnn(C(C)C)c3)C2)c1. The van der Waals surface area contributed by atoms with Crippen LogP contribution in [0.5, 0.6) is 11.5 Å². The first-order valence-electron chi connectivity index (χ1n) is 10.2. The number of hydrogen-bond donors (Lipinski definition) is 1. The fraction of sp³-hybridized carbons (Fsp3) is 0.545. The van der Waals surface area contributed by atoms with Crippen molar-refractivity contribution in [2.24, 2.45) is 5.92 Å². The van der Waals surface area contributed by atoms with Gasteiger partial charge in [0.2, 0.25) is 0 Å². The average Bonchev–Trinajstić information content (AvgIpc) is 3.20. The third-order valence-electron chi connectivity index (χ3n) is 5.36. The third-order valence-corrected chi connectivity index (χ3v) is 5.36. The normalized spacial score (nSPS) is 17.3. The number of amides is 1. The Hall–Kier alpha value is -2.54. The van der Waals surface area contributed by atoms with Crippen LogP contribution in [0.3, 0.4) is 0 Å². The molecule has 1 aromatic heterocycles. The highest BCUT2D eigenvalue weighted by atomic mass is 16.5. The number of nitrogens with one attached hydrogen (secondary N) is 1. The Morgan fingerprint density at radius 1 is 1.24 bits per heavy atom. The Bertz CT molecular complexity index is 796. The molecule has 0 spiro atoms. The van der Waals surface area contributed by atoms with E-state index in [9.17, 15) is 4.79 Å². The summed E-state index contributed by atoms with van der Waals surface area (Å²) >= 11 is 0. The van der Waals surface area contributed by atoms with Gasteiger partial charge >= 0.3 is 0 Å². The van der Waals surface area contributed by atoms with Gasteiger partial charge in [-0.25, -0.2) is 0 Å². The zero-order valence-electron chi connectivity index (χ0n) is 17.9. The highest BCUT2D eigenvalue weighted by Gasteiger charge is 2.21.